The lowest BCUT2D eigenvalue weighted by atomic mass is 10.2. The number of rotatable bonds is 13. The van der Waals surface area contributed by atoms with E-state index >= 15 is 0 Å². The molecule has 212 valence electrons. The molecule has 1 aromatic heterocycles. The van der Waals surface area contributed by atoms with Gasteiger partial charge in [0, 0.05) is 30.9 Å². The highest BCUT2D eigenvalue weighted by atomic mass is 32.2. The standard InChI is InChI=1S/C27H32N6O6S/c1-33(12-14-34)13-15-39-25-23(16-19(37-2)17-24(25)38-3)31-26-27(30-22-7-5-4-6-21(22)29-26)32-40(35,36)20-10-8-18(28)9-11-20/h4-11,16-17,34H,12-15,28H2,1-3H3,(H,29,31)(H,30,32). The van der Waals surface area contributed by atoms with Gasteiger partial charge in [-0.15, -0.1) is 0 Å². The molecule has 5 N–H and O–H groups in total. The first-order chi connectivity index (χ1) is 19.2. The van der Waals surface area contributed by atoms with E-state index in [1.165, 1.54) is 38.5 Å². The van der Waals surface area contributed by atoms with Crippen molar-refractivity contribution in [3.8, 4) is 17.2 Å². The van der Waals surface area contributed by atoms with Crippen molar-refractivity contribution < 1.29 is 27.7 Å². The number of aromatic nitrogens is 2. The molecule has 4 aromatic rings. The number of hydrogen-bond donors (Lipinski definition) is 4. The SMILES string of the molecule is COc1cc(Nc2nc3ccccc3nc2NS(=O)(=O)c2ccc(N)cc2)c(OCCN(C)CCO)c(OC)c1. The summed E-state index contributed by atoms with van der Waals surface area (Å²) < 4.78 is 46.1. The van der Waals surface area contributed by atoms with E-state index in [0.717, 1.165) is 0 Å². The fourth-order valence-corrected chi connectivity index (χ4v) is 4.80. The van der Waals surface area contributed by atoms with Gasteiger partial charge in [0.1, 0.15) is 12.4 Å². The molecule has 0 saturated carbocycles. The first-order valence-electron chi connectivity index (χ1n) is 12.3. The number of benzene rings is 3. The van der Waals surface area contributed by atoms with Crippen molar-refractivity contribution in [3.05, 3.63) is 60.7 Å². The van der Waals surface area contributed by atoms with Crippen molar-refractivity contribution in [2.24, 2.45) is 0 Å². The molecule has 0 aliphatic rings. The highest BCUT2D eigenvalue weighted by Crippen LogP contribution is 2.41. The van der Waals surface area contributed by atoms with E-state index in [9.17, 15) is 13.5 Å². The molecule has 0 aliphatic carbocycles. The molecule has 0 saturated heterocycles. The van der Waals surface area contributed by atoms with Crippen LogP contribution in [0.3, 0.4) is 0 Å². The minimum Gasteiger partial charge on any atom is -0.497 e. The Kier molecular flexibility index (Phi) is 9.09. The van der Waals surface area contributed by atoms with Crippen LogP contribution in [-0.2, 0) is 10.0 Å². The Balaban J connectivity index is 1.76. The van der Waals surface area contributed by atoms with Crippen LogP contribution in [0.15, 0.2) is 65.6 Å². The third-order valence-electron chi connectivity index (χ3n) is 5.93. The minimum atomic E-state index is -4.03. The Hall–Kier alpha value is -4.33. The van der Waals surface area contributed by atoms with E-state index in [4.69, 9.17) is 19.9 Å². The second-order valence-electron chi connectivity index (χ2n) is 8.79. The van der Waals surface area contributed by atoms with Crippen LogP contribution in [0.1, 0.15) is 0 Å². The lowest BCUT2D eigenvalue weighted by Crippen LogP contribution is -2.27. The molecule has 3 aromatic carbocycles. The molecule has 0 radical (unpaired) electrons. The average molecular weight is 569 g/mol. The zero-order chi connectivity index (χ0) is 28.7. The summed E-state index contributed by atoms with van der Waals surface area (Å²) in [4.78, 5) is 11.1. The molecule has 0 unspecified atom stereocenters. The zero-order valence-corrected chi connectivity index (χ0v) is 23.2. The maximum atomic E-state index is 13.2. The van der Waals surface area contributed by atoms with Crippen LogP contribution in [0.25, 0.3) is 11.0 Å². The van der Waals surface area contributed by atoms with E-state index in [0.29, 0.717) is 52.7 Å². The van der Waals surface area contributed by atoms with Gasteiger partial charge < -0.3 is 35.3 Å². The van der Waals surface area contributed by atoms with Gasteiger partial charge >= 0.3 is 0 Å². The van der Waals surface area contributed by atoms with Crippen LogP contribution < -0.4 is 30.0 Å². The molecule has 0 bridgehead atoms. The van der Waals surface area contributed by atoms with Gasteiger partial charge in [-0.25, -0.2) is 18.4 Å². The number of nitrogens with one attached hydrogen (secondary N) is 2. The van der Waals surface area contributed by atoms with Gasteiger partial charge in [-0.05, 0) is 43.4 Å². The third-order valence-corrected chi connectivity index (χ3v) is 7.29. The number of ether oxygens (including phenoxy) is 3. The second-order valence-corrected chi connectivity index (χ2v) is 10.5. The number of para-hydroxylation sites is 2. The van der Waals surface area contributed by atoms with Crippen LogP contribution >= 0.6 is 0 Å². The van der Waals surface area contributed by atoms with Gasteiger partial charge in [0.15, 0.2) is 23.1 Å². The molecule has 13 heteroatoms. The van der Waals surface area contributed by atoms with Crippen LogP contribution in [-0.4, -0.2) is 76.0 Å². The normalized spacial score (nSPS) is 11.4. The third kappa shape index (κ3) is 6.81. The molecule has 0 spiro atoms. The highest BCUT2D eigenvalue weighted by molar-refractivity contribution is 7.92. The Morgan fingerprint density at radius 3 is 2.25 bits per heavy atom. The predicted molar refractivity (Wildman–Crippen MR) is 154 cm³/mol. The number of hydrogen-bond acceptors (Lipinski definition) is 11. The summed E-state index contributed by atoms with van der Waals surface area (Å²) in [6, 6.07) is 16.3. The largest absolute Gasteiger partial charge is 0.497 e. The molecule has 4 rings (SSSR count). The first kappa shape index (κ1) is 28.7. The van der Waals surface area contributed by atoms with Crippen molar-refractivity contribution in [2.45, 2.75) is 4.90 Å². The lowest BCUT2D eigenvalue weighted by molar-refractivity contribution is 0.190. The van der Waals surface area contributed by atoms with Gasteiger partial charge in [-0.2, -0.15) is 0 Å². The number of nitrogens with two attached hydrogens (primary N) is 1. The number of anilines is 4. The van der Waals surface area contributed by atoms with Crippen molar-refractivity contribution in [1.29, 1.82) is 0 Å². The molecule has 12 nitrogen and oxygen atoms in total. The van der Waals surface area contributed by atoms with Crippen molar-refractivity contribution >= 4 is 44.1 Å². The molecule has 0 fully saturated rings. The second kappa shape index (κ2) is 12.7. The van der Waals surface area contributed by atoms with Crippen molar-refractivity contribution in [3.63, 3.8) is 0 Å². The number of fused-ring (bicyclic) bond motifs is 1. The van der Waals surface area contributed by atoms with E-state index in [-0.39, 0.29) is 29.7 Å². The molecule has 0 aliphatic heterocycles. The number of methoxy groups -OCH3 is 2. The molecule has 40 heavy (non-hydrogen) atoms. The summed E-state index contributed by atoms with van der Waals surface area (Å²) >= 11 is 0. The topological polar surface area (TPSA) is 161 Å². The van der Waals surface area contributed by atoms with E-state index < -0.39 is 10.0 Å². The molecule has 1 heterocycles. The summed E-state index contributed by atoms with van der Waals surface area (Å²) in [6.45, 7) is 1.36. The Bertz CT molecular complexity index is 1570. The van der Waals surface area contributed by atoms with Crippen LogP contribution in [0.2, 0.25) is 0 Å². The molecular weight excluding hydrogens is 536 g/mol. The van der Waals surface area contributed by atoms with E-state index in [2.05, 4.69) is 20.0 Å². The monoisotopic (exact) mass is 568 g/mol. The van der Waals surface area contributed by atoms with Crippen LogP contribution in [0.4, 0.5) is 23.0 Å². The van der Waals surface area contributed by atoms with Crippen LogP contribution in [0.5, 0.6) is 17.2 Å². The van der Waals surface area contributed by atoms with Crippen molar-refractivity contribution in [2.75, 3.05) is 63.3 Å². The number of sulfonamides is 1. The number of nitrogens with zero attached hydrogens (tertiary/aromatic N) is 3. The minimum absolute atomic E-state index is 0.0154. The maximum Gasteiger partial charge on any atom is 0.263 e. The van der Waals surface area contributed by atoms with E-state index in [1.54, 1.807) is 30.3 Å². The Morgan fingerprint density at radius 2 is 1.62 bits per heavy atom. The van der Waals surface area contributed by atoms with Gasteiger partial charge in [-0.1, -0.05) is 12.1 Å². The number of aliphatic hydroxyl groups is 1. The molecule has 0 amide bonds. The smallest absolute Gasteiger partial charge is 0.263 e. The lowest BCUT2D eigenvalue weighted by Gasteiger charge is -2.20. The Morgan fingerprint density at radius 1 is 0.950 bits per heavy atom. The van der Waals surface area contributed by atoms with Gasteiger partial charge in [-0.3, -0.25) is 4.72 Å². The fraction of sp³-hybridized carbons (Fsp3) is 0.259. The summed E-state index contributed by atoms with van der Waals surface area (Å²) in [6.07, 6.45) is 0. The van der Waals surface area contributed by atoms with Crippen molar-refractivity contribution in [1.82, 2.24) is 14.9 Å². The molecular formula is C27H32N6O6S. The Labute approximate surface area is 232 Å². The molecule has 0 atom stereocenters. The van der Waals surface area contributed by atoms with Gasteiger partial charge in [0.25, 0.3) is 10.0 Å². The number of aliphatic hydroxyl groups excluding tert-OH is 1. The number of likely N-dealkylation sites (N-methyl/N-ethyl adjacent to an activating group) is 1. The summed E-state index contributed by atoms with van der Waals surface area (Å²) in [5.74, 6) is 1.34. The first-order valence-corrected chi connectivity index (χ1v) is 13.8. The predicted octanol–water partition coefficient (Wildman–Crippen LogP) is 3.08. The quantitative estimate of drug-likeness (QED) is 0.175. The number of nitrogen functional groups attached to an aromatic ring is 1. The summed E-state index contributed by atoms with van der Waals surface area (Å²) in [7, 11) is 0.860. The fourth-order valence-electron chi connectivity index (χ4n) is 3.79. The summed E-state index contributed by atoms with van der Waals surface area (Å²) in [5, 5.41) is 12.3. The highest BCUT2D eigenvalue weighted by Gasteiger charge is 2.22. The summed E-state index contributed by atoms with van der Waals surface area (Å²) in [5.41, 5.74) is 7.62. The maximum absolute atomic E-state index is 13.2. The average Bonchev–Trinajstić information content (AvgIpc) is 2.94. The zero-order valence-electron chi connectivity index (χ0n) is 22.4. The van der Waals surface area contributed by atoms with Gasteiger partial charge in [0.2, 0.25) is 0 Å². The van der Waals surface area contributed by atoms with Crippen LogP contribution in [0, 0.1) is 0 Å². The van der Waals surface area contributed by atoms with Gasteiger partial charge in [0.05, 0.1) is 42.4 Å². The van der Waals surface area contributed by atoms with E-state index in [1.807, 2.05) is 18.0 Å².